The second kappa shape index (κ2) is 8.29. The Labute approximate surface area is 102 Å². The molecule has 90 valence electrons. The maximum absolute atomic E-state index is 10.4. The lowest BCUT2D eigenvalue weighted by Crippen LogP contribution is -2.00. The summed E-state index contributed by atoms with van der Waals surface area (Å²) in [6.07, 6.45) is 0.875. The number of hydrogen-bond donors (Lipinski definition) is 2. The average Bonchev–Trinajstić information content (AvgIpc) is 2.21. The highest BCUT2D eigenvalue weighted by Crippen LogP contribution is 2.24. The van der Waals surface area contributed by atoms with Gasteiger partial charge in [-0.2, -0.15) is 0 Å². The number of rotatable bonds is 9. The summed E-state index contributed by atoms with van der Waals surface area (Å²) in [7, 11) is 3.02. The molecule has 0 aliphatic carbocycles. The van der Waals surface area contributed by atoms with E-state index in [-0.39, 0.29) is 11.1 Å². The van der Waals surface area contributed by atoms with Gasteiger partial charge in [-0.3, -0.25) is 0 Å². The standard InChI is InChI=1S/C10H14O4S2/c1-7(9(11)12)3-5-15-16-6-4-8(2)10(13)14/h1-6H2,(H,11,12)(H,13,14). The maximum Gasteiger partial charge on any atom is 0.330 e. The highest BCUT2D eigenvalue weighted by molar-refractivity contribution is 8.76. The van der Waals surface area contributed by atoms with Gasteiger partial charge in [0.25, 0.3) is 0 Å². The fraction of sp³-hybridized carbons (Fsp3) is 0.400. The summed E-state index contributed by atoms with van der Waals surface area (Å²) >= 11 is 0. The zero-order chi connectivity index (χ0) is 12.6. The number of carbonyl (C=O) groups is 2. The van der Waals surface area contributed by atoms with Crippen LogP contribution in [0.25, 0.3) is 0 Å². The van der Waals surface area contributed by atoms with Crippen LogP contribution in [-0.4, -0.2) is 33.7 Å². The van der Waals surface area contributed by atoms with Crippen LogP contribution in [0.15, 0.2) is 24.3 Å². The molecule has 0 aromatic heterocycles. The largest absolute Gasteiger partial charge is 0.478 e. The van der Waals surface area contributed by atoms with Crippen molar-refractivity contribution in [3.05, 3.63) is 24.3 Å². The zero-order valence-electron chi connectivity index (χ0n) is 8.77. The van der Waals surface area contributed by atoms with Crippen LogP contribution >= 0.6 is 21.6 Å². The predicted molar refractivity (Wildman–Crippen MR) is 67.7 cm³/mol. The Morgan fingerprint density at radius 3 is 1.44 bits per heavy atom. The Morgan fingerprint density at radius 2 is 1.19 bits per heavy atom. The van der Waals surface area contributed by atoms with E-state index in [4.69, 9.17) is 10.2 Å². The summed E-state index contributed by atoms with van der Waals surface area (Å²) in [6, 6.07) is 0. The molecule has 0 radical (unpaired) electrons. The quantitative estimate of drug-likeness (QED) is 0.377. The third-order valence-electron chi connectivity index (χ3n) is 1.66. The highest BCUT2D eigenvalue weighted by atomic mass is 33.1. The van der Waals surface area contributed by atoms with E-state index < -0.39 is 11.9 Å². The van der Waals surface area contributed by atoms with Gasteiger partial charge in [-0.05, 0) is 12.8 Å². The van der Waals surface area contributed by atoms with Gasteiger partial charge in [-0.15, -0.1) is 0 Å². The van der Waals surface area contributed by atoms with Crippen molar-refractivity contribution in [1.82, 2.24) is 0 Å². The smallest absolute Gasteiger partial charge is 0.330 e. The summed E-state index contributed by atoms with van der Waals surface area (Å²) in [4.78, 5) is 20.8. The molecule has 0 aliphatic heterocycles. The molecular weight excluding hydrogens is 248 g/mol. The molecule has 0 atom stereocenters. The van der Waals surface area contributed by atoms with Crippen molar-refractivity contribution in [3.8, 4) is 0 Å². The third kappa shape index (κ3) is 7.42. The van der Waals surface area contributed by atoms with Crippen LogP contribution < -0.4 is 0 Å². The van der Waals surface area contributed by atoms with Crippen LogP contribution in [-0.2, 0) is 9.59 Å². The van der Waals surface area contributed by atoms with Crippen molar-refractivity contribution in [3.63, 3.8) is 0 Å². The van der Waals surface area contributed by atoms with E-state index in [2.05, 4.69) is 13.2 Å². The SMILES string of the molecule is C=C(CCSSCCC(=C)C(=O)O)C(=O)O. The Bertz CT molecular complexity index is 269. The second-order valence-electron chi connectivity index (χ2n) is 2.96. The fourth-order valence-electron chi connectivity index (χ4n) is 0.661. The van der Waals surface area contributed by atoms with Gasteiger partial charge in [0.05, 0.1) is 0 Å². The predicted octanol–water partition coefficient (Wildman–Crippen LogP) is 2.43. The molecule has 6 heteroatoms. The lowest BCUT2D eigenvalue weighted by Gasteiger charge is -2.01. The first-order valence-corrected chi connectivity index (χ1v) is 7.00. The van der Waals surface area contributed by atoms with Gasteiger partial charge in [-0.25, -0.2) is 9.59 Å². The molecule has 4 nitrogen and oxygen atoms in total. The highest BCUT2D eigenvalue weighted by Gasteiger charge is 2.05. The Morgan fingerprint density at radius 1 is 0.875 bits per heavy atom. The Kier molecular flexibility index (Phi) is 7.84. The van der Waals surface area contributed by atoms with E-state index in [1.54, 1.807) is 0 Å². The minimum atomic E-state index is -0.968. The van der Waals surface area contributed by atoms with Crippen LogP contribution in [0.5, 0.6) is 0 Å². The molecule has 0 rings (SSSR count). The van der Waals surface area contributed by atoms with Crippen molar-refractivity contribution in [1.29, 1.82) is 0 Å². The van der Waals surface area contributed by atoms with E-state index in [1.807, 2.05) is 0 Å². The monoisotopic (exact) mass is 262 g/mol. The van der Waals surface area contributed by atoms with Crippen molar-refractivity contribution in [2.75, 3.05) is 11.5 Å². The fourth-order valence-corrected chi connectivity index (χ4v) is 2.76. The Hall–Kier alpha value is -0.880. The molecule has 0 saturated heterocycles. The normalized spacial score (nSPS) is 9.75. The Balaban J connectivity index is 3.41. The molecule has 0 saturated carbocycles. The zero-order valence-corrected chi connectivity index (χ0v) is 10.4. The van der Waals surface area contributed by atoms with Gasteiger partial charge in [-0.1, -0.05) is 34.7 Å². The summed E-state index contributed by atoms with van der Waals surface area (Å²) < 4.78 is 0. The number of aliphatic carboxylic acids is 2. The molecule has 0 aromatic carbocycles. The molecule has 0 amide bonds. The van der Waals surface area contributed by atoms with Gasteiger partial charge < -0.3 is 10.2 Å². The maximum atomic E-state index is 10.4. The van der Waals surface area contributed by atoms with E-state index in [1.165, 1.54) is 21.6 Å². The van der Waals surface area contributed by atoms with Gasteiger partial charge in [0.2, 0.25) is 0 Å². The molecule has 0 aliphatic rings. The number of carboxylic acids is 2. The van der Waals surface area contributed by atoms with E-state index >= 15 is 0 Å². The molecule has 0 aromatic rings. The summed E-state index contributed by atoms with van der Waals surface area (Å²) in [5.41, 5.74) is 0.395. The van der Waals surface area contributed by atoms with Crippen LogP contribution in [0.3, 0.4) is 0 Å². The third-order valence-corrected chi connectivity index (χ3v) is 4.07. The van der Waals surface area contributed by atoms with Crippen molar-refractivity contribution in [2.24, 2.45) is 0 Å². The van der Waals surface area contributed by atoms with Crippen molar-refractivity contribution >= 4 is 33.5 Å². The number of hydrogen-bond acceptors (Lipinski definition) is 4. The summed E-state index contributed by atoms with van der Waals surface area (Å²) in [5.74, 6) is -0.611. The topological polar surface area (TPSA) is 74.6 Å². The first kappa shape index (κ1) is 15.1. The van der Waals surface area contributed by atoms with E-state index in [0.29, 0.717) is 24.3 Å². The van der Waals surface area contributed by atoms with Gasteiger partial charge in [0.1, 0.15) is 0 Å². The van der Waals surface area contributed by atoms with Crippen molar-refractivity contribution in [2.45, 2.75) is 12.8 Å². The first-order chi connectivity index (χ1) is 7.45. The van der Waals surface area contributed by atoms with E-state index in [9.17, 15) is 9.59 Å². The molecule has 0 fully saturated rings. The summed E-state index contributed by atoms with van der Waals surface area (Å²) in [5, 5.41) is 17.1. The van der Waals surface area contributed by atoms with Crippen LogP contribution in [0, 0.1) is 0 Å². The van der Waals surface area contributed by atoms with Crippen LogP contribution in [0.4, 0.5) is 0 Å². The lowest BCUT2D eigenvalue weighted by atomic mass is 10.2. The molecular formula is C10H14O4S2. The van der Waals surface area contributed by atoms with Gasteiger partial charge >= 0.3 is 11.9 Å². The van der Waals surface area contributed by atoms with Gasteiger partial charge in [0, 0.05) is 22.7 Å². The molecule has 0 heterocycles. The molecule has 0 bridgehead atoms. The average molecular weight is 262 g/mol. The van der Waals surface area contributed by atoms with E-state index in [0.717, 1.165) is 0 Å². The lowest BCUT2D eigenvalue weighted by molar-refractivity contribution is -0.133. The molecule has 16 heavy (non-hydrogen) atoms. The second-order valence-corrected chi connectivity index (χ2v) is 5.66. The summed E-state index contributed by atoms with van der Waals surface area (Å²) in [6.45, 7) is 6.82. The minimum Gasteiger partial charge on any atom is -0.478 e. The van der Waals surface area contributed by atoms with Crippen LogP contribution in [0.2, 0.25) is 0 Å². The minimum absolute atomic E-state index is 0.197. The van der Waals surface area contributed by atoms with Crippen LogP contribution in [0.1, 0.15) is 12.8 Å². The molecule has 0 unspecified atom stereocenters. The number of carboxylic acid groups (broad SMARTS) is 2. The van der Waals surface area contributed by atoms with Gasteiger partial charge in [0.15, 0.2) is 0 Å². The first-order valence-electron chi connectivity index (χ1n) is 4.51. The van der Waals surface area contributed by atoms with Crippen molar-refractivity contribution < 1.29 is 19.8 Å². The molecule has 2 N–H and O–H groups in total. The molecule has 0 spiro atoms.